The normalized spacial score (nSPS) is 11.4. The summed E-state index contributed by atoms with van der Waals surface area (Å²) in [5.41, 5.74) is 0.250. The Morgan fingerprint density at radius 1 is 1.35 bits per heavy atom. The number of anilines is 1. The molecule has 0 bridgehead atoms. The lowest BCUT2D eigenvalue weighted by Crippen LogP contribution is -2.26. The van der Waals surface area contributed by atoms with E-state index in [-0.39, 0.29) is 10.7 Å². The number of nitrogens with zero attached hydrogens (tertiary/aromatic N) is 2. The van der Waals surface area contributed by atoms with E-state index >= 15 is 0 Å². The van der Waals surface area contributed by atoms with Gasteiger partial charge in [0, 0.05) is 7.05 Å². The number of hydrogen-bond donors (Lipinski definition) is 1. The van der Waals surface area contributed by atoms with E-state index in [0.29, 0.717) is 0 Å². The number of aromatic nitrogens is 2. The summed E-state index contributed by atoms with van der Waals surface area (Å²) in [5, 5.41) is 5.91. The molecule has 90 valence electrons. The zero-order valence-electron chi connectivity index (χ0n) is 8.96. The number of nitrogens with one attached hydrogen (secondary N) is 1. The van der Waals surface area contributed by atoms with Gasteiger partial charge in [-0.15, -0.1) is 0 Å². The molecule has 0 spiro atoms. The summed E-state index contributed by atoms with van der Waals surface area (Å²) >= 11 is 0. The molecule has 1 aromatic heterocycles. The number of H-pyrrole nitrogens is 1. The van der Waals surface area contributed by atoms with Crippen molar-refractivity contribution in [1.82, 2.24) is 10.2 Å². The van der Waals surface area contributed by atoms with Gasteiger partial charge >= 0.3 is 0 Å². The summed E-state index contributed by atoms with van der Waals surface area (Å²) in [7, 11) is -2.36. The van der Waals surface area contributed by atoms with Crippen molar-refractivity contribution >= 4 is 15.7 Å². The van der Waals surface area contributed by atoms with Crippen LogP contribution in [0.25, 0.3) is 0 Å². The van der Waals surface area contributed by atoms with E-state index in [1.807, 2.05) is 0 Å². The van der Waals surface area contributed by atoms with E-state index < -0.39 is 15.8 Å². The van der Waals surface area contributed by atoms with E-state index in [4.69, 9.17) is 0 Å². The number of hydrogen-bond acceptors (Lipinski definition) is 3. The molecule has 0 aliphatic heterocycles. The van der Waals surface area contributed by atoms with Gasteiger partial charge in [-0.2, -0.15) is 13.5 Å². The molecule has 0 unspecified atom stereocenters. The molecule has 0 saturated carbocycles. The number of rotatable bonds is 3. The fourth-order valence-corrected chi connectivity index (χ4v) is 2.43. The summed E-state index contributed by atoms with van der Waals surface area (Å²) in [6, 6.07) is 6.69. The van der Waals surface area contributed by atoms with Gasteiger partial charge in [0.2, 0.25) is 0 Å². The first kappa shape index (κ1) is 11.6. The molecule has 7 heteroatoms. The second-order valence-corrected chi connectivity index (χ2v) is 5.31. The molecule has 0 saturated heterocycles. The summed E-state index contributed by atoms with van der Waals surface area (Å²) in [6.07, 6.45) is 1.34. The lowest BCUT2D eigenvalue weighted by atomic mass is 10.3. The topological polar surface area (TPSA) is 66.1 Å². The Morgan fingerprint density at radius 3 is 2.71 bits per heavy atom. The van der Waals surface area contributed by atoms with Crippen LogP contribution in [0.4, 0.5) is 10.1 Å². The van der Waals surface area contributed by atoms with E-state index in [0.717, 1.165) is 10.4 Å². The van der Waals surface area contributed by atoms with Gasteiger partial charge in [0.1, 0.15) is 5.82 Å². The van der Waals surface area contributed by atoms with E-state index in [1.54, 1.807) is 0 Å². The maximum atomic E-state index is 13.0. The summed E-state index contributed by atoms with van der Waals surface area (Å²) in [6.45, 7) is 0. The van der Waals surface area contributed by atoms with Crippen molar-refractivity contribution in [2.24, 2.45) is 0 Å². The summed E-state index contributed by atoms with van der Waals surface area (Å²) in [5.74, 6) is -0.492. The van der Waals surface area contributed by atoms with Crippen LogP contribution in [0.1, 0.15) is 0 Å². The Labute approximate surface area is 97.9 Å². The molecule has 0 radical (unpaired) electrons. The standard InChI is InChI=1S/C10H10FN3O2S/c1-14(9-4-2-3-8(11)7-9)17(15,16)10-5-6-12-13-10/h2-7H,1H3,(H,12,13). The van der Waals surface area contributed by atoms with Gasteiger partial charge in [-0.3, -0.25) is 9.40 Å². The fourth-order valence-electron chi connectivity index (χ4n) is 1.35. The van der Waals surface area contributed by atoms with Crippen molar-refractivity contribution in [2.45, 2.75) is 5.03 Å². The van der Waals surface area contributed by atoms with Gasteiger partial charge in [-0.1, -0.05) is 6.07 Å². The van der Waals surface area contributed by atoms with E-state index in [1.165, 1.54) is 37.5 Å². The third kappa shape index (κ3) is 2.14. The minimum atomic E-state index is -3.72. The third-order valence-electron chi connectivity index (χ3n) is 2.29. The minimum Gasteiger partial charge on any atom is -0.268 e. The molecular formula is C10H10FN3O2S. The van der Waals surface area contributed by atoms with Gasteiger partial charge in [0.05, 0.1) is 11.9 Å². The average Bonchev–Trinajstić information content (AvgIpc) is 2.82. The predicted octanol–water partition coefficient (Wildman–Crippen LogP) is 1.37. The molecule has 2 aromatic rings. The predicted molar refractivity (Wildman–Crippen MR) is 60.6 cm³/mol. The summed E-state index contributed by atoms with van der Waals surface area (Å²) in [4.78, 5) is 0. The van der Waals surface area contributed by atoms with Gasteiger partial charge in [-0.05, 0) is 24.3 Å². The highest BCUT2D eigenvalue weighted by Crippen LogP contribution is 2.20. The molecule has 5 nitrogen and oxygen atoms in total. The van der Waals surface area contributed by atoms with Crippen LogP contribution in [0.3, 0.4) is 0 Å². The van der Waals surface area contributed by atoms with Crippen LogP contribution in [0.15, 0.2) is 41.6 Å². The van der Waals surface area contributed by atoms with Gasteiger partial charge < -0.3 is 0 Å². The molecule has 0 amide bonds. The minimum absolute atomic E-state index is 0.0377. The lowest BCUT2D eigenvalue weighted by Gasteiger charge is -2.18. The molecule has 2 rings (SSSR count). The number of aromatic amines is 1. The average molecular weight is 255 g/mol. The monoisotopic (exact) mass is 255 g/mol. The molecule has 1 N–H and O–H groups in total. The SMILES string of the molecule is CN(c1cccc(F)c1)S(=O)(=O)c1ccn[nH]1. The van der Waals surface area contributed by atoms with Crippen LogP contribution in [-0.4, -0.2) is 25.7 Å². The number of benzene rings is 1. The quantitative estimate of drug-likeness (QED) is 0.900. The fraction of sp³-hybridized carbons (Fsp3) is 0.100. The molecule has 0 aliphatic rings. The third-order valence-corrected chi connectivity index (χ3v) is 4.00. The first-order valence-corrected chi connectivity index (χ1v) is 6.20. The van der Waals surface area contributed by atoms with Crippen molar-refractivity contribution in [3.05, 3.63) is 42.3 Å². The first-order valence-electron chi connectivity index (χ1n) is 4.76. The zero-order valence-corrected chi connectivity index (χ0v) is 9.78. The molecule has 0 atom stereocenters. The van der Waals surface area contributed by atoms with Crippen molar-refractivity contribution in [3.63, 3.8) is 0 Å². The van der Waals surface area contributed by atoms with Crippen LogP contribution in [0.2, 0.25) is 0 Å². The van der Waals surface area contributed by atoms with Gasteiger partial charge in [-0.25, -0.2) is 4.39 Å². The Bertz CT molecular complexity index is 610. The van der Waals surface area contributed by atoms with Crippen LogP contribution in [-0.2, 0) is 10.0 Å². The Kier molecular flexibility index (Phi) is 2.84. The lowest BCUT2D eigenvalue weighted by molar-refractivity contribution is 0.590. The smallest absolute Gasteiger partial charge is 0.268 e. The Morgan fingerprint density at radius 2 is 2.12 bits per heavy atom. The maximum absolute atomic E-state index is 13.0. The highest BCUT2D eigenvalue weighted by Gasteiger charge is 2.22. The Hall–Kier alpha value is -1.89. The van der Waals surface area contributed by atoms with Crippen molar-refractivity contribution < 1.29 is 12.8 Å². The zero-order chi connectivity index (χ0) is 12.5. The second kappa shape index (κ2) is 4.17. The second-order valence-electron chi connectivity index (χ2n) is 3.37. The van der Waals surface area contributed by atoms with Crippen LogP contribution in [0, 0.1) is 5.82 Å². The van der Waals surface area contributed by atoms with E-state index in [2.05, 4.69) is 10.2 Å². The Balaban J connectivity index is 2.42. The summed E-state index contributed by atoms with van der Waals surface area (Å²) < 4.78 is 38.1. The maximum Gasteiger partial charge on any atom is 0.281 e. The first-order chi connectivity index (χ1) is 8.01. The highest BCUT2D eigenvalue weighted by molar-refractivity contribution is 7.92. The molecule has 17 heavy (non-hydrogen) atoms. The molecular weight excluding hydrogens is 245 g/mol. The van der Waals surface area contributed by atoms with Crippen LogP contribution < -0.4 is 4.31 Å². The molecule has 0 aliphatic carbocycles. The largest absolute Gasteiger partial charge is 0.281 e. The molecule has 1 aromatic carbocycles. The van der Waals surface area contributed by atoms with E-state index in [9.17, 15) is 12.8 Å². The van der Waals surface area contributed by atoms with Crippen LogP contribution >= 0.6 is 0 Å². The molecule has 1 heterocycles. The van der Waals surface area contributed by atoms with Gasteiger partial charge in [0.15, 0.2) is 5.03 Å². The highest BCUT2D eigenvalue weighted by atomic mass is 32.2. The van der Waals surface area contributed by atoms with Crippen molar-refractivity contribution in [1.29, 1.82) is 0 Å². The van der Waals surface area contributed by atoms with Gasteiger partial charge in [0.25, 0.3) is 10.0 Å². The van der Waals surface area contributed by atoms with Crippen molar-refractivity contribution in [2.75, 3.05) is 11.4 Å². The van der Waals surface area contributed by atoms with Crippen molar-refractivity contribution in [3.8, 4) is 0 Å². The van der Waals surface area contributed by atoms with Crippen LogP contribution in [0.5, 0.6) is 0 Å². The number of sulfonamides is 1. The molecule has 0 fully saturated rings. The number of halogens is 1.